The van der Waals surface area contributed by atoms with Crippen LogP contribution in [0.15, 0.2) is 16.8 Å². The van der Waals surface area contributed by atoms with Crippen molar-refractivity contribution in [2.24, 2.45) is 5.92 Å². The highest BCUT2D eigenvalue weighted by molar-refractivity contribution is 7.07. The van der Waals surface area contributed by atoms with Gasteiger partial charge in [-0.15, -0.1) is 0 Å². The number of rotatable bonds is 6. The van der Waals surface area contributed by atoms with Gasteiger partial charge in [-0.3, -0.25) is 0 Å². The molecule has 1 atom stereocenters. The lowest BCUT2D eigenvalue weighted by molar-refractivity contribution is -0.153. The van der Waals surface area contributed by atoms with Gasteiger partial charge in [0.2, 0.25) is 0 Å². The van der Waals surface area contributed by atoms with E-state index in [1.807, 2.05) is 23.8 Å². The van der Waals surface area contributed by atoms with Crippen molar-refractivity contribution in [2.75, 3.05) is 19.8 Å². The molecule has 1 fully saturated rings. The lowest BCUT2D eigenvalue weighted by Gasteiger charge is -2.26. The molecule has 2 N–H and O–H groups in total. The number of carbonyl (C=O) groups is 1. The topological polar surface area (TPSA) is 59.6 Å². The van der Waals surface area contributed by atoms with Crippen LogP contribution >= 0.6 is 11.3 Å². The van der Waals surface area contributed by atoms with Gasteiger partial charge in [-0.2, -0.15) is 11.3 Å². The lowest BCUT2D eigenvalue weighted by Crippen LogP contribution is -2.39. The highest BCUT2D eigenvalue weighted by atomic mass is 32.1. The molecular weight excluding hydrogens is 276 g/mol. The van der Waals surface area contributed by atoms with Crippen molar-refractivity contribution in [3.05, 3.63) is 22.4 Å². The number of amides is 2. The first-order valence-electron chi connectivity index (χ1n) is 6.88. The average molecular weight is 298 g/mol. The van der Waals surface area contributed by atoms with E-state index in [4.69, 9.17) is 9.47 Å². The van der Waals surface area contributed by atoms with Gasteiger partial charge in [0.25, 0.3) is 0 Å². The van der Waals surface area contributed by atoms with Gasteiger partial charge in [0.05, 0.1) is 13.2 Å². The molecule has 20 heavy (non-hydrogen) atoms. The Morgan fingerprint density at radius 3 is 2.85 bits per heavy atom. The highest BCUT2D eigenvalue weighted by Gasteiger charge is 2.32. The van der Waals surface area contributed by atoms with Crippen LogP contribution in [0.1, 0.15) is 25.8 Å². The first kappa shape index (κ1) is 15.3. The van der Waals surface area contributed by atoms with E-state index in [1.54, 1.807) is 11.3 Å². The summed E-state index contributed by atoms with van der Waals surface area (Å²) in [7, 11) is 0. The molecule has 2 amide bonds. The van der Waals surface area contributed by atoms with Crippen LogP contribution in [-0.2, 0) is 16.0 Å². The van der Waals surface area contributed by atoms with Gasteiger partial charge in [0.1, 0.15) is 0 Å². The largest absolute Gasteiger partial charge is 0.348 e. The van der Waals surface area contributed by atoms with Gasteiger partial charge >= 0.3 is 6.03 Å². The summed E-state index contributed by atoms with van der Waals surface area (Å²) in [5.41, 5.74) is 1.12. The molecule has 0 bridgehead atoms. The summed E-state index contributed by atoms with van der Waals surface area (Å²) < 4.78 is 11.1. The second kappa shape index (κ2) is 7.06. The third-order valence-electron chi connectivity index (χ3n) is 3.26. The number of urea groups is 1. The van der Waals surface area contributed by atoms with Gasteiger partial charge in [-0.25, -0.2) is 4.79 Å². The maximum absolute atomic E-state index is 11.7. The molecule has 112 valence electrons. The predicted molar refractivity (Wildman–Crippen MR) is 78.6 cm³/mol. The van der Waals surface area contributed by atoms with Gasteiger partial charge in [-0.05, 0) is 35.2 Å². The van der Waals surface area contributed by atoms with Crippen molar-refractivity contribution in [3.63, 3.8) is 0 Å². The van der Waals surface area contributed by atoms with Crippen LogP contribution in [0.2, 0.25) is 0 Å². The molecule has 2 heterocycles. The Kier molecular flexibility index (Phi) is 5.39. The summed E-state index contributed by atoms with van der Waals surface area (Å²) in [4.78, 5) is 11.7. The molecule has 0 unspecified atom stereocenters. The van der Waals surface area contributed by atoms with Crippen LogP contribution < -0.4 is 10.6 Å². The molecule has 0 spiro atoms. The first-order chi connectivity index (χ1) is 9.57. The zero-order valence-electron chi connectivity index (χ0n) is 12.0. The van der Waals surface area contributed by atoms with Crippen LogP contribution in [0.25, 0.3) is 0 Å². The Bertz CT molecular complexity index is 416. The summed E-state index contributed by atoms with van der Waals surface area (Å²) in [6, 6.07) is 1.87. The Balaban J connectivity index is 1.62. The van der Waals surface area contributed by atoms with Crippen molar-refractivity contribution in [2.45, 2.75) is 32.6 Å². The molecule has 1 aromatic heterocycles. The summed E-state index contributed by atoms with van der Waals surface area (Å²) in [5.74, 6) is -0.196. The van der Waals surface area contributed by atoms with Crippen molar-refractivity contribution in [1.82, 2.24) is 10.6 Å². The number of nitrogens with one attached hydrogen (secondary N) is 2. The fourth-order valence-corrected chi connectivity index (χ4v) is 2.95. The highest BCUT2D eigenvalue weighted by Crippen LogP contribution is 2.26. The van der Waals surface area contributed by atoms with Crippen molar-refractivity contribution >= 4 is 17.4 Å². The molecule has 0 radical (unpaired) electrons. The molecule has 1 aliphatic rings. The lowest BCUT2D eigenvalue weighted by atomic mass is 10.0. The Hall–Kier alpha value is -1.11. The van der Waals surface area contributed by atoms with Crippen LogP contribution in [0, 0.1) is 5.92 Å². The Morgan fingerprint density at radius 2 is 2.20 bits per heavy atom. The minimum Gasteiger partial charge on any atom is -0.348 e. The van der Waals surface area contributed by atoms with E-state index in [0.29, 0.717) is 32.2 Å². The van der Waals surface area contributed by atoms with E-state index in [0.717, 1.165) is 12.0 Å². The van der Waals surface area contributed by atoms with Crippen LogP contribution in [0.4, 0.5) is 4.79 Å². The van der Waals surface area contributed by atoms with Crippen LogP contribution in [0.5, 0.6) is 0 Å². The quantitative estimate of drug-likeness (QED) is 0.847. The normalized spacial score (nSPS) is 18.7. The van der Waals surface area contributed by atoms with Crippen LogP contribution in [-0.4, -0.2) is 31.6 Å². The molecule has 0 aliphatic carbocycles. The molecule has 1 saturated heterocycles. The molecule has 0 aromatic carbocycles. The monoisotopic (exact) mass is 298 g/mol. The Labute approximate surface area is 123 Å². The van der Waals surface area contributed by atoms with E-state index in [9.17, 15) is 4.79 Å². The van der Waals surface area contributed by atoms with E-state index in [-0.39, 0.29) is 6.03 Å². The SMILES string of the molecule is C[C@H](CNC(=O)NCc1ccsc1)CC1(C)OCCO1. The minimum atomic E-state index is -0.492. The van der Waals surface area contributed by atoms with Crippen molar-refractivity contribution in [1.29, 1.82) is 0 Å². The number of thiophene rings is 1. The minimum absolute atomic E-state index is 0.138. The molecule has 2 rings (SSSR count). The van der Waals surface area contributed by atoms with Crippen LogP contribution in [0.3, 0.4) is 0 Å². The Morgan fingerprint density at radius 1 is 1.45 bits per heavy atom. The number of ether oxygens (including phenoxy) is 2. The molecular formula is C14H22N2O3S. The molecule has 1 aliphatic heterocycles. The van der Waals surface area contributed by atoms with Gasteiger partial charge < -0.3 is 20.1 Å². The fourth-order valence-electron chi connectivity index (χ4n) is 2.28. The molecule has 6 heteroatoms. The molecule has 5 nitrogen and oxygen atoms in total. The third kappa shape index (κ3) is 4.77. The van der Waals surface area contributed by atoms with Gasteiger partial charge in [0, 0.05) is 19.5 Å². The van der Waals surface area contributed by atoms with Crippen molar-refractivity contribution < 1.29 is 14.3 Å². The third-order valence-corrected chi connectivity index (χ3v) is 3.99. The van der Waals surface area contributed by atoms with E-state index < -0.39 is 5.79 Å². The van der Waals surface area contributed by atoms with E-state index in [2.05, 4.69) is 17.6 Å². The average Bonchev–Trinajstić information content (AvgIpc) is 3.05. The summed E-state index contributed by atoms with van der Waals surface area (Å²) in [5, 5.41) is 9.74. The van der Waals surface area contributed by atoms with Gasteiger partial charge in [0.15, 0.2) is 5.79 Å². The second-order valence-electron chi connectivity index (χ2n) is 5.34. The van der Waals surface area contributed by atoms with Crippen molar-refractivity contribution in [3.8, 4) is 0 Å². The number of hydrogen-bond donors (Lipinski definition) is 2. The summed E-state index contributed by atoms with van der Waals surface area (Å²) in [6.07, 6.45) is 0.776. The number of carbonyl (C=O) groups excluding carboxylic acids is 1. The summed E-state index contributed by atoms with van der Waals surface area (Å²) in [6.45, 7) is 6.50. The smallest absolute Gasteiger partial charge is 0.315 e. The molecule has 1 aromatic rings. The fraction of sp³-hybridized carbons (Fsp3) is 0.643. The van der Waals surface area contributed by atoms with Gasteiger partial charge in [-0.1, -0.05) is 6.92 Å². The maximum Gasteiger partial charge on any atom is 0.315 e. The predicted octanol–water partition coefficient (Wildman–Crippen LogP) is 2.34. The zero-order chi connectivity index (χ0) is 14.4. The summed E-state index contributed by atoms with van der Waals surface area (Å²) >= 11 is 1.63. The van der Waals surface area contributed by atoms with E-state index >= 15 is 0 Å². The number of hydrogen-bond acceptors (Lipinski definition) is 4. The standard InChI is InChI=1S/C14H22N2O3S/c1-11(7-14(2)18-4-5-19-14)8-15-13(17)16-9-12-3-6-20-10-12/h3,6,10-11H,4-5,7-9H2,1-2H3,(H2,15,16,17)/t11-/m0/s1. The molecule has 0 saturated carbocycles. The second-order valence-corrected chi connectivity index (χ2v) is 6.12. The first-order valence-corrected chi connectivity index (χ1v) is 7.82. The zero-order valence-corrected chi connectivity index (χ0v) is 12.8. The maximum atomic E-state index is 11.7. The van der Waals surface area contributed by atoms with E-state index in [1.165, 1.54) is 0 Å².